The predicted molar refractivity (Wildman–Crippen MR) is 112 cm³/mol. The minimum Gasteiger partial charge on any atom is -0.452 e. The first-order valence-electron chi connectivity index (χ1n) is 7.71. The molecule has 2 aromatic heterocycles. The Kier molecular flexibility index (Phi) is 6.58. The molecule has 1 amide bonds. The number of hydrogen-bond acceptors (Lipinski definition) is 9. The van der Waals surface area contributed by atoms with E-state index in [0.29, 0.717) is 20.1 Å². The number of esters is 1. The Labute approximate surface area is 177 Å². The first-order valence-corrected chi connectivity index (χ1v) is 11.0. The summed E-state index contributed by atoms with van der Waals surface area (Å²) in [7, 11) is 0. The number of amides is 1. The van der Waals surface area contributed by atoms with Gasteiger partial charge in [0.25, 0.3) is 5.91 Å². The molecule has 0 aliphatic carbocycles. The van der Waals surface area contributed by atoms with Gasteiger partial charge in [0, 0.05) is 0 Å². The van der Waals surface area contributed by atoms with Crippen molar-refractivity contribution >= 4 is 63.5 Å². The average Bonchev–Trinajstić information content (AvgIpc) is 3.32. The quantitative estimate of drug-likeness (QED) is 0.344. The van der Waals surface area contributed by atoms with Crippen LogP contribution < -0.4 is 5.32 Å². The second-order valence-corrected chi connectivity index (χ2v) is 8.79. The Bertz CT molecular complexity index is 1110. The summed E-state index contributed by atoms with van der Waals surface area (Å²) >= 11 is 9.44. The Hall–Kier alpha value is -2.52. The lowest BCUT2D eigenvalue weighted by molar-refractivity contribution is -0.119. The normalized spacial score (nSPS) is 10.3. The van der Waals surface area contributed by atoms with Crippen LogP contribution >= 0.6 is 46.7 Å². The standard InChI is InChI=1S/C17H12N4O3S4/c1-26-16-20-21(17(25)28-16)12-4-2-10(3-5-12)15(23)24-9-13(22)19-14-11(8-18)6-7-27-14/h2-7H,9H2,1H3,(H,19,22). The highest BCUT2D eigenvalue weighted by atomic mass is 32.2. The monoisotopic (exact) mass is 448 g/mol. The van der Waals surface area contributed by atoms with Crippen molar-refractivity contribution in [1.82, 2.24) is 9.78 Å². The van der Waals surface area contributed by atoms with Crippen LogP contribution in [0.15, 0.2) is 40.1 Å². The minimum absolute atomic E-state index is 0.303. The number of anilines is 1. The molecule has 0 spiro atoms. The Morgan fingerprint density at radius 1 is 1.36 bits per heavy atom. The van der Waals surface area contributed by atoms with Crippen molar-refractivity contribution in [3.8, 4) is 11.8 Å². The number of aromatic nitrogens is 2. The van der Waals surface area contributed by atoms with Gasteiger partial charge in [-0.15, -0.1) is 16.4 Å². The lowest BCUT2D eigenvalue weighted by atomic mass is 10.2. The van der Waals surface area contributed by atoms with Crippen LogP contribution in [-0.2, 0) is 9.53 Å². The highest BCUT2D eigenvalue weighted by Crippen LogP contribution is 2.23. The number of ether oxygens (including phenoxy) is 1. The number of benzene rings is 1. The molecule has 2 heterocycles. The van der Waals surface area contributed by atoms with Crippen LogP contribution in [0.25, 0.3) is 5.69 Å². The van der Waals surface area contributed by atoms with Crippen LogP contribution in [0.5, 0.6) is 0 Å². The van der Waals surface area contributed by atoms with Crippen LogP contribution in [-0.4, -0.2) is 34.5 Å². The lowest BCUT2D eigenvalue weighted by Crippen LogP contribution is -2.20. The molecule has 3 aromatic rings. The zero-order valence-corrected chi connectivity index (χ0v) is 17.6. The maximum atomic E-state index is 12.1. The van der Waals surface area contributed by atoms with E-state index < -0.39 is 18.5 Å². The van der Waals surface area contributed by atoms with E-state index in [9.17, 15) is 9.59 Å². The number of nitriles is 1. The van der Waals surface area contributed by atoms with E-state index in [1.807, 2.05) is 12.3 Å². The molecule has 28 heavy (non-hydrogen) atoms. The maximum Gasteiger partial charge on any atom is 0.338 e. The van der Waals surface area contributed by atoms with Gasteiger partial charge in [-0.3, -0.25) is 4.79 Å². The third-order valence-corrected chi connectivity index (χ3v) is 6.46. The molecule has 7 nitrogen and oxygen atoms in total. The molecular formula is C17H12N4O3S4. The molecule has 3 rings (SSSR count). The predicted octanol–water partition coefficient (Wildman–Crippen LogP) is 4.11. The average molecular weight is 449 g/mol. The van der Waals surface area contributed by atoms with Gasteiger partial charge in [-0.2, -0.15) is 5.26 Å². The molecule has 0 saturated heterocycles. The fourth-order valence-electron chi connectivity index (χ4n) is 2.12. The SMILES string of the molecule is CSc1nn(-c2ccc(C(=O)OCC(=O)Nc3sccc3C#N)cc2)c(=S)s1. The van der Waals surface area contributed by atoms with Gasteiger partial charge in [0.2, 0.25) is 0 Å². The molecule has 0 unspecified atom stereocenters. The van der Waals surface area contributed by atoms with E-state index in [-0.39, 0.29) is 0 Å². The number of carbonyl (C=O) groups excluding carboxylic acids is 2. The van der Waals surface area contributed by atoms with E-state index >= 15 is 0 Å². The van der Waals surface area contributed by atoms with Crippen LogP contribution in [0.1, 0.15) is 15.9 Å². The summed E-state index contributed by atoms with van der Waals surface area (Å²) < 4.78 is 8.12. The summed E-state index contributed by atoms with van der Waals surface area (Å²) in [6, 6.07) is 10.2. The second-order valence-electron chi connectivity index (χ2n) is 5.20. The third kappa shape index (κ3) is 4.66. The van der Waals surface area contributed by atoms with Crippen molar-refractivity contribution in [2.24, 2.45) is 0 Å². The van der Waals surface area contributed by atoms with E-state index in [1.54, 1.807) is 40.4 Å². The van der Waals surface area contributed by atoms with Gasteiger partial charge in [-0.05, 0) is 54.2 Å². The molecule has 142 valence electrons. The van der Waals surface area contributed by atoms with Crippen LogP contribution in [0.2, 0.25) is 0 Å². The largest absolute Gasteiger partial charge is 0.452 e. The van der Waals surface area contributed by atoms with Crippen molar-refractivity contribution in [1.29, 1.82) is 5.26 Å². The molecule has 1 aromatic carbocycles. The number of nitrogens with one attached hydrogen (secondary N) is 1. The Balaban J connectivity index is 1.60. The molecule has 0 bridgehead atoms. The van der Waals surface area contributed by atoms with Crippen LogP contribution in [0.4, 0.5) is 5.00 Å². The van der Waals surface area contributed by atoms with Gasteiger partial charge in [0.1, 0.15) is 11.1 Å². The zero-order chi connectivity index (χ0) is 20.1. The summed E-state index contributed by atoms with van der Waals surface area (Å²) in [5.74, 6) is -1.14. The van der Waals surface area contributed by atoms with Crippen LogP contribution in [0, 0.1) is 15.3 Å². The molecule has 0 fully saturated rings. The molecule has 0 radical (unpaired) electrons. The summed E-state index contributed by atoms with van der Waals surface area (Å²) in [4.78, 5) is 24.1. The van der Waals surface area contributed by atoms with E-state index in [1.165, 1.54) is 34.4 Å². The molecule has 0 atom stereocenters. The number of hydrogen-bond donors (Lipinski definition) is 1. The zero-order valence-electron chi connectivity index (χ0n) is 14.4. The molecule has 1 N–H and O–H groups in total. The first-order chi connectivity index (χ1) is 13.5. The highest BCUT2D eigenvalue weighted by molar-refractivity contribution is 8.00. The smallest absolute Gasteiger partial charge is 0.338 e. The lowest BCUT2D eigenvalue weighted by Gasteiger charge is -2.06. The Morgan fingerprint density at radius 2 is 2.11 bits per heavy atom. The molecule has 0 saturated carbocycles. The Morgan fingerprint density at radius 3 is 2.75 bits per heavy atom. The molecular weight excluding hydrogens is 436 g/mol. The van der Waals surface area contributed by atoms with Gasteiger partial charge in [0.05, 0.1) is 16.8 Å². The van der Waals surface area contributed by atoms with Crippen molar-refractivity contribution in [3.05, 3.63) is 50.8 Å². The summed E-state index contributed by atoms with van der Waals surface area (Å²) in [5, 5.41) is 18.0. The van der Waals surface area contributed by atoms with E-state index in [0.717, 1.165) is 10.0 Å². The summed E-state index contributed by atoms with van der Waals surface area (Å²) in [6.07, 6.45) is 1.92. The van der Waals surface area contributed by atoms with Gasteiger partial charge < -0.3 is 10.1 Å². The van der Waals surface area contributed by atoms with E-state index in [2.05, 4.69) is 10.4 Å². The van der Waals surface area contributed by atoms with Crippen molar-refractivity contribution in [2.45, 2.75) is 4.34 Å². The first kappa shape index (κ1) is 20.2. The summed E-state index contributed by atoms with van der Waals surface area (Å²) in [6.45, 7) is -0.447. The second kappa shape index (κ2) is 9.11. The fourth-order valence-corrected chi connectivity index (χ4v) is 4.65. The number of rotatable bonds is 6. The number of carbonyl (C=O) groups is 2. The number of nitrogens with zero attached hydrogens (tertiary/aromatic N) is 3. The minimum atomic E-state index is -0.625. The van der Waals surface area contributed by atoms with Gasteiger partial charge in [-0.25, -0.2) is 9.48 Å². The van der Waals surface area contributed by atoms with E-state index in [4.69, 9.17) is 22.2 Å². The van der Waals surface area contributed by atoms with Crippen LogP contribution in [0.3, 0.4) is 0 Å². The third-order valence-electron chi connectivity index (χ3n) is 3.42. The van der Waals surface area contributed by atoms with Gasteiger partial charge in [-0.1, -0.05) is 23.1 Å². The molecule has 0 aliphatic rings. The van der Waals surface area contributed by atoms with Gasteiger partial charge in [0.15, 0.2) is 14.9 Å². The maximum absolute atomic E-state index is 12.1. The van der Waals surface area contributed by atoms with Gasteiger partial charge >= 0.3 is 5.97 Å². The highest BCUT2D eigenvalue weighted by Gasteiger charge is 2.13. The van der Waals surface area contributed by atoms with Crippen molar-refractivity contribution in [2.75, 3.05) is 18.2 Å². The number of thioether (sulfide) groups is 1. The summed E-state index contributed by atoms with van der Waals surface area (Å²) in [5.41, 5.74) is 1.40. The van der Waals surface area contributed by atoms with Crippen molar-refractivity contribution < 1.29 is 14.3 Å². The number of thiophene rings is 1. The molecule has 0 aliphatic heterocycles. The molecule has 11 heteroatoms. The van der Waals surface area contributed by atoms with Crippen molar-refractivity contribution in [3.63, 3.8) is 0 Å². The topological polar surface area (TPSA) is 97.0 Å². The fraction of sp³-hybridized carbons (Fsp3) is 0.118.